The van der Waals surface area contributed by atoms with Gasteiger partial charge in [-0.05, 0) is 17.7 Å². The summed E-state index contributed by atoms with van der Waals surface area (Å²) in [5.74, 6) is 1.84. The average molecular weight is 321 g/mol. The largest absolute Gasteiger partial charge is 0.349 e. The molecule has 0 amide bonds. The van der Waals surface area contributed by atoms with Crippen molar-refractivity contribution in [2.75, 3.05) is 14.1 Å². The van der Waals surface area contributed by atoms with E-state index in [1.165, 1.54) is 5.56 Å². The molecule has 5 heteroatoms. The van der Waals surface area contributed by atoms with Crippen LogP contribution in [0.25, 0.3) is 11.0 Å². The number of rotatable bonds is 4. The van der Waals surface area contributed by atoms with E-state index in [2.05, 4.69) is 38.1 Å². The Hall–Kier alpha value is -2.82. The van der Waals surface area contributed by atoms with Crippen LogP contribution in [-0.4, -0.2) is 34.5 Å². The van der Waals surface area contributed by atoms with Crippen molar-refractivity contribution in [2.45, 2.75) is 13.1 Å². The normalized spacial score (nSPS) is 11.7. The maximum Gasteiger partial charge on any atom is 0.194 e. The third kappa shape index (κ3) is 3.56. The number of aryl methyl sites for hydroxylation is 1. The second-order valence-electron chi connectivity index (χ2n) is 5.95. The highest BCUT2D eigenvalue weighted by atomic mass is 15.3. The minimum Gasteiger partial charge on any atom is -0.349 e. The molecular weight excluding hydrogens is 298 g/mol. The lowest BCUT2D eigenvalue weighted by atomic mass is 10.2. The van der Waals surface area contributed by atoms with E-state index >= 15 is 0 Å². The minimum absolute atomic E-state index is 0.636. The highest BCUT2D eigenvalue weighted by molar-refractivity contribution is 5.80. The number of aliphatic imine (C=N–C) groups is 1. The molecule has 2 aromatic carbocycles. The van der Waals surface area contributed by atoms with Crippen molar-refractivity contribution in [3.8, 4) is 0 Å². The molecule has 0 aliphatic heterocycles. The highest BCUT2D eigenvalue weighted by Gasteiger charge is 2.08. The highest BCUT2D eigenvalue weighted by Crippen LogP contribution is 2.14. The second kappa shape index (κ2) is 7.17. The first-order valence-corrected chi connectivity index (χ1v) is 8.05. The minimum atomic E-state index is 0.636. The quantitative estimate of drug-likeness (QED) is 0.594. The predicted octanol–water partition coefficient (Wildman–Crippen LogP) is 2.78. The molecule has 0 aliphatic carbocycles. The lowest BCUT2D eigenvalue weighted by molar-refractivity contribution is 0.572. The van der Waals surface area contributed by atoms with E-state index in [1.807, 2.05) is 62.4 Å². The summed E-state index contributed by atoms with van der Waals surface area (Å²) in [5, 5.41) is 3.40. The molecule has 0 aliphatic rings. The molecule has 1 aromatic heterocycles. The van der Waals surface area contributed by atoms with Crippen LogP contribution >= 0.6 is 0 Å². The van der Waals surface area contributed by atoms with Crippen LogP contribution in [0.2, 0.25) is 0 Å². The van der Waals surface area contributed by atoms with Crippen LogP contribution in [-0.2, 0) is 20.1 Å². The molecule has 0 spiro atoms. The van der Waals surface area contributed by atoms with E-state index in [0.29, 0.717) is 13.1 Å². The van der Waals surface area contributed by atoms with Crippen LogP contribution in [0, 0.1) is 0 Å². The molecule has 1 N–H and O–H groups in total. The topological polar surface area (TPSA) is 45.4 Å². The molecule has 1 heterocycles. The van der Waals surface area contributed by atoms with Gasteiger partial charge in [0.15, 0.2) is 5.96 Å². The van der Waals surface area contributed by atoms with Crippen LogP contribution < -0.4 is 5.32 Å². The maximum absolute atomic E-state index is 4.69. The third-order valence-electron chi connectivity index (χ3n) is 3.96. The van der Waals surface area contributed by atoms with Gasteiger partial charge in [0.05, 0.1) is 24.1 Å². The van der Waals surface area contributed by atoms with Gasteiger partial charge < -0.3 is 14.8 Å². The van der Waals surface area contributed by atoms with Crippen LogP contribution in [0.5, 0.6) is 0 Å². The zero-order chi connectivity index (χ0) is 16.9. The summed E-state index contributed by atoms with van der Waals surface area (Å²) in [7, 11) is 6.03. The van der Waals surface area contributed by atoms with Gasteiger partial charge in [0.2, 0.25) is 0 Å². The zero-order valence-electron chi connectivity index (χ0n) is 14.4. The summed E-state index contributed by atoms with van der Waals surface area (Å²) < 4.78 is 2.12. The average Bonchev–Trinajstić information content (AvgIpc) is 2.92. The van der Waals surface area contributed by atoms with Gasteiger partial charge in [-0.15, -0.1) is 0 Å². The second-order valence-corrected chi connectivity index (χ2v) is 5.95. The molecule has 3 rings (SSSR count). The van der Waals surface area contributed by atoms with Gasteiger partial charge in [-0.1, -0.05) is 42.5 Å². The molecule has 0 unspecified atom stereocenters. The van der Waals surface area contributed by atoms with Gasteiger partial charge in [0.1, 0.15) is 5.82 Å². The van der Waals surface area contributed by atoms with Gasteiger partial charge in [0.25, 0.3) is 0 Å². The van der Waals surface area contributed by atoms with Crippen molar-refractivity contribution in [3.63, 3.8) is 0 Å². The van der Waals surface area contributed by atoms with Crippen LogP contribution in [0.15, 0.2) is 59.6 Å². The number of nitrogens with one attached hydrogen (secondary N) is 1. The molecule has 124 valence electrons. The molecule has 0 fully saturated rings. The van der Waals surface area contributed by atoms with Crippen molar-refractivity contribution < 1.29 is 0 Å². The number of hydrogen-bond acceptors (Lipinski definition) is 2. The number of nitrogens with zero attached hydrogens (tertiary/aromatic N) is 4. The lowest BCUT2D eigenvalue weighted by Gasteiger charge is -2.17. The third-order valence-corrected chi connectivity index (χ3v) is 3.96. The van der Waals surface area contributed by atoms with E-state index in [9.17, 15) is 0 Å². The SMILES string of the molecule is CN(C)C(=NCc1ccccc1)NCc1nc2ccccc2n1C. The van der Waals surface area contributed by atoms with E-state index in [-0.39, 0.29) is 0 Å². The Bertz CT molecular complexity index is 833. The Kier molecular flexibility index (Phi) is 4.79. The monoisotopic (exact) mass is 321 g/mol. The smallest absolute Gasteiger partial charge is 0.194 e. The Morgan fingerprint density at radius 3 is 2.50 bits per heavy atom. The van der Waals surface area contributed by atoms with Crippen LogP contribution in [0.1, 0.15) is 11.4 Å². The van der Waals surface area contributed by atoms with Gasteiger partial charge in [-0.25, -0.2) is 9.98 Å². The van der Waals surface area contributed by atoms with Gasteiger partial charge in [0, 0.05) is 21.1 Å². The van der Waals surface area contributed by atoms with Crippen molar-refractivity contribution in [2.24, 2.45) is 12.0 Å². The maximum atomic E-state index is 4.69. The van der Waals surface area contributed by atoms with E-state index in [4.69, 9.17) is 0 Å². The van der Waals surface area contributed by atoms with E-state index < -0.39 is 0 Å². The molecule has 3 aromatic rings. The predicted molar refractivity (Wildman–Crippen MR) is 98.8 cm³/mol. The first-order chi connectivity index (χ1) is 11.6. The van der Waals surface area contributed by atoms with Crippen molar-refractivity contribution in [3.05, 3.63) is 66.0 Å². The zero-order valence-corrected chi connectivity index (χ0v) is 14.4. The summed E-state index contributed by atoms with van der Waals surface area (Å²) in [6.45, 7) is 1.29. The van der Waals surface area contributed by atoms with Crippen molar-refractivity contribution in [1.29, 1.82) is 0 Å². The number of para-hydroxylation sites is 2. The summed E-state index contributed by atoms with van der Waals surface area (Å²) in [6, 6.07) is 18.4. The van der Waals surface area contributed by atoms with Gasteiger partial charge in [-0.3, -0.25) is 0 Å². The Morgan fingerprint density at radius 2 is 1.79 bits per heavy atom. The van der Waals surface area contributed by atoms with E-state index in [0.717, 1.165) is 22.8 Å². The molecule has 0 saturated heterocycles. The number of guanidine groups is 1. The fraction of sp³-hybridized carbons (Fsp3) is 0.263. The molecule has 0 bridgehead atoms. The summed E-state index contributed by atoms with van der Waals surface area (Å²) in [6.07, 6.45) is 0. The first-order valence-electron chi connectivity index (χ1n) is 8.05. The fourth-order valence-electron chi connectivity index (χ4n) is 2.62. The van der Waals surface area contributed by atoms with Crippen LogP contribution in [0.3, 0.4) is 0 Å². The number of fused-ring (bicyclic) bond motifs is 1. The molecular formula is C19H23N5. The van der Waals surface area contributed by atoms with Crippen molar-refractivity contribution >= 4 is 17.0 Å². The molecule has 0 radical (unpaired) electrons. The number of aromatic nitrogens is 2. The van der Waals surface area contributed by atoms with Gasteiger partial charge >= 0.3 is 0 Å². The fourth-order valence-corrected chi connectivity index (χ4v) is 2.62. The van der Waals surface area contributed by atoms with Gasteiger partial charge in [-0.2, -0.15) is 0 Å². The summed E-state index contributed by atoms with van der Waals surface area (Å²) in [5.41, 5.74) is 3.35. The standard InChI is InChI=1S/C19H23N5/c1-23(2)19(20-13-15-9-5-4-6-10-15)21-14-18-22-16-11-7-8-12-17(16)24(18)3/h4-12H,13-14H2,1-3H3,(H,20,21). The molecule has 0 atom stereocenters. The molecule has 5 nitrogen and oxygen atoms in total. The lowest BCUT2D eigenvalue weighted by Crippen LogP contribution is -2.36. The number of imidazole rings is 1. The Labute approximate surface area is 142 Å². The molecule has 24 heavy (non-hydrogen) atoms. The summed E-state index contributed by atoms with van der Waals surface area (Å²) in [4.78, 5) is 11.4. The Morgan fingerprint density at radius 1 is 1.08 bits per heavy atom. The number of benzene rings is 2. The molecule has 0 saturated carbocycles. The van der Waals surface area contributed by atoms with Crippen molar-refractivity contribution in [1.82, 2.24) is 19.8 Å². The number of hydrogen-bond donors (Lipinski definition) is 1. The van der Waals surface area contributed by atoms with Crippen LogP contribution in [0.4, 0.5) is 0 Å². The Balaban J connectivity index is 1.72. The summed E-state index contributed by atoms with van der Waals surface area (Å²) >= 11 is 0. The van der Waals surface area contributed by atoms with E-state index in [1.54, 1.807) is 0 Å². The first kappa shape index (κ1) is 16.1.